The van der Waals surface area contributed by atoms with Crippen molar-refractivity contribution >= 4 is 12.1 Å². The van der Waals surface area contributed by atoms with Gasteiger partial charge in [-0.2, -0.15) is 0 Å². The summed E-state index contributed by atoms with van der Waals surface area (Å²) in [7, 11) is 0. The van der Waals surface area contributed by atoms with Gasteiger partial charge in [0, 0.05) is 0 Å². The Hall–Kier alpha value is -1.52. The van der Waals surface area contributed by atoms with Crippen molar-refractivity contribution in [3.8, 4) is 0 Å². The third kappa shape index (κ3) is 4.32. The van der Waals surface area contributed by atoms with Crippen LogP contribution in [-0.4, -0.2) is 18.7 Å². The molecule has 12 heavy (non-hydrogen) atoms. The summed E-state index contributed by atoms with van der Waals surface area (Å²) in [5, 5.41) is 0. The van der Waals surface area contributed by atoms with Gasteiger partial charge in [0.1, 0.15) is 6.26 Å². The maximum Gasteiger partial charge on any atom is 0.409 e. The number of hydrogen-bond acceptors (Lipinski definition) is 4. The summed E-state index contributed by atoms with van der Waals surface area (Å²) < 4.78 is 8.84. The van der Waals surface area contributed by atoms with Crippen molar-refractivity contribution in [3.63, 3.8) is 0 Å². The molecule has 0 aliphatic rings. The van der Waals surface area contributed by atoms with Gasteiger partial charge in [-0.3, -0.25) is 0 Å². The monoisotopic (exact) mass is 173 g/mol. The zero-order valence-corrected chi connectivity index (χ0v) is 6.99. The van der Waals surface area contributed by atoms with Crippen LogP contribution in [0.3, 0.4) is 0 Å². The van der Waals surface area contributed by atoms with Crippen molar-refractivity contribution in [2.24, 2.45) is 5.73 Å². The lowest BCUT2D eigenvalue weighted by Crippen LogP contribution is -2.11. The fourth-order valence-electron chi connectivity index (χ4n) is 0.440. The Morgan fingerprint density at radius 1 is 1.50 bits per heavy atom. The van der Waals surface area contributed by atoms with E-state index in [0.29, 0.717) is 0 Å². The Morgan fingerprint density at radius 3 is 2.50 bits per heavy atom. The van der Waals surface area contributed by atoms with Crippen molar-refractivity contribution in [2.75, 3.05) is 6.61 Å². The van der Waals surface area contributed by atoms with E-state index in [1.165, 1.54) is 6.92 Å². The van der Waals surface area contributed by atoms with E-state index in [-0.39, 0.29) is 12.2 Å². The van der Waals surface area contributed by atoms with Crippen molar-refractivity contribution < 1.29 is 19.1 Å². The molecule has 0 aliphatic heterocycles. The molecule has 0 spiro atoms. The normalized spacial score (nSPS) is 10.7. The van der Waals surface area contributed by atoms with Crippen LogP contribution in [0.2, 0.25) is 0 Å². The number of ether oxygens (including phenoxy) is 2. The van der Waals surface area contributed by atoms with Gasteiger partial charge >= 0.3 is 12.1 Å². The largest absolute Gasteiger partial charge is 0.463 e. The van der Waals surface area contributed by atoms with Crippen LogP contribution in [0, 0.1) is 0 Å². The molecule has 0 bridgehead atoms. The van der Waals surface area contributed by atoms with E-state index in [1.54, 1.807) is 6.92 Å². The molecule has 0 saturated carbocycles. The molecule has 0 fully saturated rings. The summed E-state index contributed by atoms with van der Waals surface area (Å²) in [5.74, 6) is -0.529. The minimum absolute atomic E-state index is 0.190. The number of hydrogen-bond donors (Lipinski definition) is 1. The van der Waals surface area contributed by atoms with Gasteiger partial charge in [-0.15, -0.1) is 0 Å². The molecule has 2 N–H and O–H groups in total. The second-order valence-electron chi connectivity index (χ2n) is 1.96. The van der Waals surface area contributed by atoms with Crippen LogP contribution in [0.25, 0.3) is 0 Å². The molecule has 5 nitrogen and oxygen atoms in total. The predicted molar refractivity (Wildman–Crippen MR) is 41.1 cm³/mol. The topological polar surface area (TPSA) is 78.6 Å². The molecule has 0 radical (unpaired) electrons. The zero-order valence-electron chi connectivity index (χ0n) is 6.99. The van der Waals surface area contributed by atoms with Gasteiger partial charge in [-0.25, -0.2) is 9.59 Å². The Balaban J connectivity index is 3.99. The quantitative estimate of drug-likeness (QED) is 0.384. The smallest absolute Gasteiger partial charge is 0.409 e. The first-order chi connectivity index (χ1) is 5.57. The number of amides is 1. The van der Waals surface area contributed by atoms with Crippen molar-refractivity contribution in [1.82, 2.24) is 0 Å². The van der Waals surface area contributed by atoms with E-state index < -0.39 is 12.1 Å². The number of carbonyl (C=O) groups is 2. The molecule has 0 aromatic rings. The molecule has 1 amide bonds. The Morgan fingerprint density at radius 2 is 2.08 bits per heavy atom. The standard InChI is InChI=1S/C7H11NO4/c1-3-11-6(9)5(2)4-12-7(8)10/h4H,3H2,1-2H3,(H2,8,10). The summed E-state index contributed by atoms with van der Waals surface area (Å²) in [4.78, 5) is 20.9. The molecular weight excluding hydrogens is 162 g/mol. The number of nitrogens with two attached hydrogens (primary N) is 1. The molecule has 0 heterocycles. The molecule has 68 valence electrons. The van der Waals surface area contributed by atoms with Gasteiger partial charge in [-0.05, 0) is 13.8 Å². The van der Waals surface area contributed by atoms with Crippen LogP contribution in [0.15, 0.2) is 11.8 Å². The first-order valence-corrected chi connectivity index (χ1v) is 3.38. The number of primary amides is 1. The van der Waals surface area contributed by atoms with Crippen LogP contribution >= 0.6 is 0 Å². The Bertz CT molecular complexity index is 209. The minimum atomic E-state index is -0.960. The van der Waals surface area contributed by atoms with E-state index in [2.05, 4.69) is 15.2 Å². The molecule has 0 saturated heterocycles. The molecule has 0 rings (SSSR count). The average Bonchev–Trinajstić information content (AvgIpc) is 2.00. The third-order valence-corrected chi connectivity index (χ3v) is 0.949. The molecule has 0 unspecified atom stereocenters. The lowest BCUT2D eigenvalue weighted by molar-refractivity contribution is -0.138. The second kappa shape index (κ2) is 5.17. The van der Waals surface area contributed by atoms with Crippen molar-refractivity contribution in [3.05, 3.63) is 11.8 Å². The highest BCUT2D eigenvalue weighted by Gasteiger charge is 2.04. The highest BCUT2D eigenvalue weighted by Crippen LogP contribution is 1.96. The van der Waals surface area contributed by atoms with Gasteiger partial charge < -0.3 is 15.2 Å². The average molecular weight is 173 g/mol. The van der Waals surface area contributed by atoms with E-state index in [4.69, 9.17) is 0 Å². The maximum atomic E-state index is 10.8. The van der Waals surface area contributed by atoms with E-state index in [1.807, 2.05) is 0 Å². The zero-order chi connectivity index (χ0) is 9.56. The lowest BCUT2D eigenvalue weighted by atomic mass is 10.3. The Kier molecular flexibility index (Phi) is 4.52. The highest BCUT2D eigenvalue weighted by atomic mass is 16.5. The summed E-state index contributed by atoms with van der Waals surface area (Å²) in [5.41, 5.74) is 4.85. The lowest BCUT2D eigenvalue weighted by Gasteiger charge is -2.00. The number of rotatable bonds is 3. The molecule has 0 aromatic carbocycles. The third-order valence-electron chi connectivity index (χ3n) is 0.949. The van der Waals surface area contributed by atoms with Crippen LogP contribution in [-0.2, 0) is 14.3 Å². The maximum absolute atomic E-state index is 10.8. The highest BCUT2D eigenvalue weighted by molar-refractivity contribution is 5.87. The van der Waals surface area contributed by atoms with Gasteiger partial charge in [0.25, 0.3) is 0 Å². The fraction of sp³-hybridized carbons (Fsp3) is 0.429. The van der Waals surface area contributed by atoms with Crippen LogP contribution in [0.1, 0.15) is 13.8 Å². The summed E-state index contributed by atoms with van der Waals surface area (Å²) in [6.07, 6.45) is -0.000927. The molecule has 0 atom stereocenters. The van der Waals surface area contributed by atoms with Crippen LogP contribution in [0.4, 0.5) is 4.79 Å². The first-order valence-electron chi connectivity index (χ1n) is 3.38. The number of carbonyl (C=O) groups excluding carboxylic acids is 2. The van der Waals surface area contributed by atoms with Crippen molar-refractivity contribution in [2.45, 2.75) is 13.8 Å². The second-order valence-corrected chi connectivity index (χ2v) is 1.96. The molecule has 0 aliphatic carbocycles. The van der Waals surface area contributed by atoms with Gasteiger partial charge in [0.2, 0.25) is 0 Å². The summed E-state index contributed by atoms with van der Waals surface area (Å²) in [6, 6.07) is 0. The van der Waals surface area contributed by atoms with Gasteiger partial charge in [0.15, 0.2) is 0 Å². The van der Waals surface area contributed by atoms with E-state index >= 15 is 0 Å². The number of esters is 1. The molecular formula is C7H11NO4. The van der Waals surface area contributed by atoms with Crippen LogP contribution < -0.4 is 5.73 Å². The summed E-state index contributed by atoms with van der Waals surface area (Å²) in [6.45, 7) is 3.42. The molecule has 5 heteroatoms. The van der Waals surface area contributed by atoms with Crippen molar-refractivity contribution in [1.29, 1.82) is 0 Å². The molecule has 0 aromatic heterocycles. The van der Waals surface area contributed by atoms with E-state index in [9.17, 15) is 9.59 Å². The summed E-state index contributed by atoms with van der Waals surface area (Å²) >= 11 is 0. The minimum Gasteiger partial charge on any atom is -0.463 e. The predicted octanol–water partition coefficient (Wildman–Crippen LogP) is 0.549. The SMILES string of the molecule is CCOC(=O)C(C)=COC(N)=O. The fourth-order valence-corrected chi connectivity index (χ4v) is 0.440. The first kappa shape index (κ1) is 10.5. The Labute approximate surface area is 70.1 Å². The van der Waals surface area contributed by atoms with E-state index in [0.717, 1.165) is 6.26 Å². The van der Waals surface area contributed by atoms with Crippen LogP contribution in [0.5, 0.6) is 0 Å². The van der Waals surface area contributed by atoms with Gasteiger partial charge in [-0.1, -0.05) is 0 Å². The van der Waals surface area contributed by atoms with Gasteiger partial charge in [0.05, 0.1) is 12.2 Å².